The predicted octanol–water partition coefficient (Wildman–Crippen LogP) is 3.62. The van der Waals surface area contributed by atoms with Crippen LogP contribution in [0.2, 0.25) is 5.02 Å². The van der Waals surface area contributed by atoms with Crippen molar-refractivity contribution in [1.82, 2.24) is 19.7 Å². The van der Waals surface area contributed by atoms with Crippen LogP contribution in [0.1, 0.15) is 22.9 Å². The van der Waals surface area contributed by atoms with Gasteiger partial charge in [0.2, 0.25) is 0 Å². The van der Waals surface area contributed by atoms with Crippen molar-refractivity contribution in [3.63, 3.8) is 0 Å². The summed E-state index contributed by atoms with van der Waals surface area (Å²) in [6.45, 7) is 3.39. The highest BCUT2D eigenvalue weighted by molar-refractivity contribution is 6.30. The lowest BCUT2D eigenvalue weighted by molar-refractivity contribution is -0.124. The number of amides is 1. The highest BCUT2D eigenvalue weighted by Gasteiger charge is 2.24. The highest BCUT2D eigenvalue weighted by Crippen LogP contribution is 2.29. The molecule has 1 unspecified atom stereocenters. The van der Waals surface area contributed by atoms with Gasteiger partial charge in [-0.2, -0.15) is 5.10 Å². The molecule has 2 aromatic carbocycles. The number of carbonyl (C=O) groups excluding carboxylic acids is 1. The second-order valence-electron chi connectivity index (χ2n) is 7.17. The Hall–Kier alpha value is -3.63. The molecule has 4 rings (SSSR count). The lowest BCUT2D eigenvalue weighted by Crippen LogP contribution is -2.22. The smallest absolute Gasteiger partial charge is 0.257 e. The summed E-state index contributed by atoms with van der Waals surface area (Å²) in [5.41, 5.74) is 7.21. The standard InChI is InChI=1S/C21H17ClF2N6O2/c1-9-5-11(7-12(22)6-9)19(31)21(32)28-13-3-4-14(16(24)15(13)23)30-18-17(10(2)29-30)26-8-27-20(18)25/h3-8,19,31H,1-2H3,(H,28,32)(H2,25,26,27). The van der Waals surface area contributed by atoms with Gasteiger partial charge in [0.1, 0.15) is 23.0 Å². The maximum Gasteiger partial charge on any atom is 0.257 e. The number of aromatic nitrogens is 4. The molecule has 4 aromatic rings. The Morgan fingerprint density at radius 1 is 1.19 bits per heavy atom. The Morgan fingerprint density at radius 3 is 2.66 bits per heavy atom. The zero-order valence-electron chi connectivity index (χ0n) is 16.9. The van der Waals surface area contributed by atoms with Crippen LogP contribution in [0.25, 0.3) is 16.7 Å². The summed E-state index contributed by atoms with van der Waals surface area (Å²) < 4.78 is 30.9. The molecule has 11 heteroatoms. The molecule has 0 saturated heterocycles. The number of halogens is 3. The van der Waals surface area contributed by atoms with Gasteiger partial charge in [-0.3, -0.25) is 4.79 Å². The minimum absolute atomic E-state index is 0.0488. The van der Waals surface area contributed by atoms with Crippen LogP contribution in [0.15, 0.2) is 36.7 Å². The molecule has 0 fully saturated rings. The third kappa shape index (κ3) is 3.74. The SMILES string of the molecule is Cc1cc(Cl)cc(C(O)C(=O)Nc2ccc(-n3nc(C)c4ncnc(N)c43)c(F)c2F)c1. The third-order valence-corrected chi connectivity index (χ3v) is 5.05. The number of aryl methyl sites for hydroxylation is 2. The molecule has 0 aliphatic heterocycles. The molecule has 2 aromatic heterocycles. The molecule has 164 valence electrons. The fourth-order valence-corrected chi connectivity index (χ4v) is 3.66. The second kappa shape index (κ2) is 8.13. The second-order valence-corrected chi connectivity index (χ2v) is 7.60. The summed E-state index contributed by atoms with van der Waals surface area (Å²) in [5.74, 6) is -3.51. The minimum Gasteiger partial charge on any atom is -0.382 e. The van der Waals surface area contributed by atoms with E-state index in [0.29, 0.717) is 16.2 Å². The number of fused-ring (bicyclic) bond motifs is 1. The minimum atomic E-state index is -1.64. The number of rotatable bonds is 4. The quantitative estimate of drug-likeness (QED) is 0.430. The van der Waals surface area contributed by atoms with E-state index in [1.54, 1.807) is 26.0 Å². The number of nitrogens with one attached hydrogen (secondary N) is 1. The Labute approximate surface area is 185 Å². The number of carbonyl (C=O) groups is 1. The number of hydrogen-bond acceptors (Lipinski definition) is 6. The van der Waals surface area contributed by atoms with Gasteiger partial charge in [-0.1, -0.05) is 17.7 Å². The first-order valence-corrected chi connectivity index (χ1v) is 9.75. The van der Waals surface area contributed by atoms with Gasteiger partial charge < -0.3 is 16.2 Å². The Morgan fingerprint density at radius 2 is 1.94 bits per heavy atom. The first-order chi connectivity index (χ1) is 15.2. The summed E-state index contributed by atoms with van der Waals surface area (Å²) >= 11 is 5.96. The van der Waals surface area contributed by atoms with Crippen LogP contribution < -0.4 is 11.1 Å². The van der Waals surface area contributed by atoms with Gasteiger partial charge in [-0.15, -0.1) is 0 Å². The maximum atomic E-state index is 14.9. The lowest BCUT2D eigenvalue weighted by Gasteiger charge is -2.14. The molecule has 32 heavy (non-hydrogen) atoms. The van der Waals surface area contributed by atoms with Crippen LogP contribution in [0.5, 0.6) is 0 Å². The van der Waals surface area contributed by atoms with Gasteiger partial charge in [0.15, 0.2) is 23.6 Å². The van der Waals surface area contributed by atoms with Crippen molar-refractivity contribution in [2.75, 3.05) is 11.1 Å². The molecular weight excluding hydrogens is 442 g/mol. The average Bonchev–Trinajstić information content (AvgIpc) is 3.08. The lowest BCUT2D eigenvalue weighted by atomic mass is 10.1. The summed E-state index contributed by atoms with van der Waals surface area (Å²) in [4.78, 5) is 20.4. The van der Waals surface area contributed by atoms with Gasteiger partial charge in [-0.25, -0.2) is 23.4 Å². The van der Waals surface area contributed by atoms with E-state index < -0.39 is 29.3 Å². The van der Waals surface area contributed by atoms with Gasteiger partial charge >= 0.3 is 0 Å². The zero-order chi connectivity index (χ0) is 23.2. The van der Waals surface area contributed by atoms with E-state index in [1.807, 2.05) is 0 Å². The number of benzene rings is 2. The molecule has 1 atom stereocenters. The molecule has 0 radical (unpaired) electrons. The molecular formula is C21H17ClF2N6O2. The number of aliphatic hydroxyl groups is 1. The fraction of sp³-hybridized carbons (Fsp3) is 0.143. The van der Waals surface area contributed by atoms with Gasteiger partial charge in [0.05, 0.1) is 11.4 Å². The summed E-state index contributed by atoms with van der Waals surface area (Å²) in [5, 5.41) is 17.0. The van der Waals surface area contributed by atoms with E-state index in [2.05, 4.69) is 20.4 Å². The van der Waals surface area contributed by atoms with Crippen LogP contribution in [-0.2, 0) is 4.79 Å². The number of aliphatic hydroxyl groups excluding tert-OH is 1. The summed E-state index contributed by atoms with van der Waals surface area (Å²) in [7, 11) is 0. The molecule has 0 saturated carbocycles. The Balaban J connectivity index is 1.68. The van der Waals surface area contributed by atoms with Gasteiger partial charge in [0.25, 0.3) is 5.91 Å². The fourth-order valence-electron chi connectivity index (χ4n) is 3.36. The average molecular weight is 459 g/mol. The zero-order valence-corrected chi connectivity index (χ0v) is 17.7. The summed E-state index contributed by atoms with van der Waals surface area (Å²) in [6.07, 6.45) is -0.386. The molecule has 0 bridgehead atoms. The highest BCUT2D eigenvalue weighted by atomic mass is 35.5. The van der Waals surface area contributed by atoms with E-state index in [1.165, 1.54) is 18.5 Å². The van der Waals surface area contributed by atoms with E-state index >= 15 is 0 Å². The van der Waals surface area contributed by atoms with E-state index in [0.717, 1.165) is 16.3 Å². The van der Waals surface area contributed by atoms with Crippen molar-refractivity contribution in [2.24, 2.45) is 0 Å². The van der Waals surface area contributed by atoms with Crippen LogP contribution in [0, 0.1) is 25.5 Å². The monoisotopic (exact) mass is 458 g/mol. The van der Waals surface area contributed by atoms with Gasteiger partial charge in [-0.05, 0) is 49.2 Å². The number of hydrogen-bond donors (Lipinski definition) is 3. The number of nitrogen functional groups attached to an aromatic ring is 1. The van der Waals surface area contributed by atoms with Crippen molar-refractivity contribution in [3.05, 3.63) is 70.1 Å². The van der Waals surface area contributed by atoms with Crippen LogP contribution >= 0.6 is 11.6 Å². The molecule has 8 nitrogen and oxygen atoms in total. The van der Waals surface area contributed by atoms with E-state index in [-0.39, 0.29) is 22.6 Å². The maximum absolute atomic E-state index is 14.9. The molecule has 0 spiro atoms. The number of anilines is 2. The van der Waals surface area contributed by atoms with Gasteiger partial charge in [0, 0.05) is 5.02 Å². The Kier molecular flexibility index (Phi) is 5.49. The molecule has 4 N–H and O–H groups in total. The molecule has 0 aliphatic rings. The first-order valence-electron chi connectivity index (χ1n) is 9.37. The molecule has 0 aliphatic carbocycles. The van der Waals surface area contributed by atoms with Crippen molar-refractivity contribution < 1.29 is 18.7 Å². The number of nitrogens with two attached hydrogens (primary N) is 1. The van der Waals surface area contributed by atoms with E-state index in [4.69, 9.17) is 17.3 Å². The first kappa shape index (κ1) is 21.6. The number of nitrogens with zero attached hydrogens (tertiary/aromatic N) is 4. The predicted molar refractivity (Wildman–Crippen MR) is 116 cm³/mol. The topological polar surface area (TPSA) is 119 Å². The largest absolute Gasteiger partial charge is 0.382 e. The van der Waals surface area contributed by atoms with Crippen LogP contribution in [0.3, 0.4) is 0 Å². The van der Waals surface area contributed by atoms with Crippen molar-refractivity contribution in [2.45, 2.75) is 20.0 Å². The van der Waals surface area contributed by atoms with E-state index in [9.17, 15) is 18.7 Å². The van der Waals surface area contributed by atoms with Crippen molar-refractivity contribution in [3.8, 4) is 5.69 Å². The normalized spacial score (nSPS) is 12.2. The summed E-state index contributed by atoms with van der Waals surface area (Å²) in [6, 6.07) is 7.01. The Bertz CT molecular complexity index is 1350. The molecule has 2 heterocycles. The van der Waals surface area contributed by atoms with Crippen molar-refractivity contribution >= 4 is 40.0 Å². The van der Waals surface area contributed by atoms with Crippen LogP contribution in [-0.4, -0.2) is 30.8 Å². The van der Waals surface area contributed by atoms with Crippen LogP contribution in [0.4, 0.5) is 20.3 Å². The molecule has 1 amide bonds. The third-order valence-electron chi connectivity index (χ3n) is 4.83. The van der Waals surface area contributed by atoms with Crippen molar-refractivity contribution in [1.29, 1.82) is 0 Å².